The normalized spacial score (nSPS) is 10.1. The first-order chi connectivity index (χ1) is 11.2. The third-order valence-electron chi connectivity index (χ3n) is 3.53. The zero-order valence-electron chi connectivity index (χ0n) is 14.2. The van der Waals surface area contributed by atoms with Crippen molar-refractivity contribution in [3.63, 3.8) is 0 Å². The Morgan fingerprint density at radius 3 is 2.00 bits per heavy atom. The number of anilines is 1. The summed E-state index contributed by atoms with van der Waals surface area (Å²) in [5.41, 5.74) is 3.35. The van der Waals surface area contributed by atoms with Gasteiger partial charge in [-0.25, -0.2) is 0 Å². The zero-order valence-corrected chi connectivity index (χ0v) is 15.8. The summed E-state index contributed by atoms with van der Waals surface area (Å²) in [5.74, 6) is 0.0760. The molecule has 0 aliphatic heterocycles. The summed E-state index contributed by atoms with van der Waals surface area (Å²) in [6.07, 6.45) is 3.52. The van der Waals surface area contributed by atoms with Gasteiger partial charge in [0.25, 0.3) is 0 Å². The van der Waals surface area contributed by atoms with E-state index in [1.807, 2.05) is 31.2 Å². The van der Waals surface area contributed by atoms with Gasteiger partial charge in [0.05, 0.1) is 0 Å². The number of rotatable bonds is 8. The van der Waals surface area contributed by atoms with E-state index >= 15 is 0 Å². The van der Waals surface area contributed by atoms with Crippen LogP contribution >= 0.6 is 24.2 Å². The van der Waals surface area contributed by atoms with Gasteiger partial charge in [-0.2, -0.15) is 0 Å². The molecule has 2 aromatic rings. The van der Waals surface area contributed by atoms with Crippen molar-refractivity contribution in [2.24, 2.45) is 0 Å². The molecule has 0 aromatic heterocycles. The van der Waals surface area contributed by atoms with Gasteiger partial charge in [-0.15, -0.1) is 24.2 Å². The van der Waals surface area contributed by atoms with Crippen LogP contribution in [0.15, 0.2) is 53.4 Å². The minimum atomic E-state index is 0. The molecule has 3 nitrogen and oxygen atoms in total. The van der Waals surface area contributed by atoms with Crippen LogP contribution in [0.5, 0.6) is 0 Å². The third-order valence-corrected chi connectivity index (χ3v) is 4.28. The van der Waals surface area contributed by atoms with Crippen molar-refractivity contribution in [1.29, 1.82) is 0 Å². The van der Waals surface area contributed by atoms with E-state index in [2.05, 4.69) is 41.2 Å². The Balaban J connectivity index is 0.00000288. The summed E-state index contributed by atoms with van der Waals surface area (Å²) in [6, 6.07) is 16.6. The van der Waals surface area contributed by atoms with Gasteiger partial charge in [0, 0.05) is 30.1 Å². The van der Waals surface area contributed by atoms with E-state index in [-0.39, 0.29) is 18.3 Å². The number of carbonyl (C=O) groups is 1. The van der Waals surface area contributed by atoms with Crippen molar-refractivity contribution >= 4 is 35.8 Å². The molecule has 2 aromatic carbocycles. The van der Waals surface area contributed by atoms with Crippen molar-refractivity contribution in [3.8, 4) is 0 Å². The molecule has 0 heterocycles. The summed E-state index contributed by atoms with van der Waals surface area (Å²) in [5, 5.41) is 6.34. The Hall–Kier alpha value is -1.49. The first-order valence-electron chi connectivity index (χ1n) is 7.93. The molecule has 5 heteroatoms. The molecule has 24 heavy (non-hydrogen) atoms. The van der Waals surface area contributed by atoms with Crippen LogP contribution in [0.4, 0.5) is 5.69 Å². The minimum Gasteiger partial charge on any atom is -0.326 e. The molecule has 130 valence electrons. The van der Waals surface area contributed by atoms with E-state index in [1.165, 1.54) is 16.0 Å². The van der Waals surface area contributed by atoms with E-state index in [0.29, 0.717) is 6.42 Å². The minimum absolute atomic E-state index is 0. The van der Waals surface area contributed by atoms with E-state index in [9.17, 15) is 4.79 Å². The van der Waals surface area contributed by atoms with Crippen molar-refractivity contribution in [3.05, 3.63) is 59.7 Å². The highest BCUT2D eigenvalue weighted by molar-refractivity contribution is 7.98. The second-order valence-corrected chi connectivity index (χ2v) is 6.33. The van der Waals surface area contributed by atoms with Crippen LogP contribution in [-0.4, -0.2) is 12.2 Å². The third kappa shape index (κ3) is 6.95. The number of amides is 1. The first kappa shape index (κ1) is 20.6. The van der Waals surface area contributed by atoms with E-state index in [0.717, 1.165) is 25.2 Å². The predicted octanol–water partition coefficient (Wildman–Crippen LogP) is 4.86. The number of thioether (sulfide) groups is 1. The molecule has 2 rings (SSSR count). The standard InChI is InChI=1S/C19H24N2OS.ClH/c1-3-4-19(22)21-17-9-5-15(6-10-17)13-20-14-16-7-11-18(23-2)12-8-16;/h5-12,20H,3-4,13-14H2,1-2H3,(H,21,22);1H. The summed E-state index contributed by atoms with van der Waals surface area (Å²) in [7, 11) is 0. The number of carbonyl (C=O) groups excluding carboxylic acids is 1. The van der Waals surface area contributed by atoms with Gasteiger partial charge in [-0.05, 0) is 48.1 Å². The molecular formula is C19H25ClN2OS. The number of hydrogen-bond donors (Lipinski definition) is 2. The lowest BCUT2D eigenvalue weighted by Gasteiger charge is -2.08. The highest BCUT2D eigenvalue weighted by atomic mass is 35.5. The topological polar surface area (TPSA) is 41.1 Å². The second kappa shape index (κ2) is 11.1. The Morgan fingerprint density at radius 1 is 0.958 bits per heavy atom. The largest absolute Gasteiger partial charge is 0.326 e. The average Bonchev–Trinajstić information content (AvgIpc) is 2.57. The highest BCUT2D eigenvalue weighted by Gasteiger charge is 2.01. The Morgan fingerprint density at radius 2 is 1.50 bits per heavy atom. The van der Waals surface area contributed by atoms with Crippen LogP contribution < -0.4 is 10.6 Å². The number of nitrogens with one attached hydrogen (secondary N) is 2. The lowest BCUT2D eigenvalue weighted by atomic mass is 10.2. The maximum Gasteiger partial charge on any atom is 0.224 e. The van der Waals surface area contributed by atoms with Crippen LogP contribution in [0, 0.1) is 0 Å². The smallest absolute Gasteiger partial charge is 0.224 e. The molecule has 0 saturated heterocycles. The molecule has 0 unspecified atom stereocenters. The molecular weight excluding hydrogens is 340 g/mol. The van der Waals surface area contributed by atoms with Crippen LogP contribution in [0.1, 0.15) is 30.9 Å². The molecule has 1 amide bonds. The molecule has 2 N–H and O–H groups in total. The van der Waals surface area contributed by atoms with Gasteiger partial charge >= 0.3 is 0 Å². The number of benzene rings is 2. The van der Waals surface area contributed by atoms with Crippen LogP contribution in [0.2, 0.25) is 0 Å². The first-order valence-corrected chi connectivity index (χ1v) is 9.16. The van der Waals surface area contributed by atoms with Crippen LogP contribution in [0.3, 0.4) is 0 Å². The Labute approximate surface area is 155 Å². The molecule has 0 atom stereocenters. The summed E-state index contributed by atoms with van der Waals surface area (Å²) in [6.45, 7) is 3.67. The van der Waals surface area contributed by atoms with Gasteiger partial charge in [-0.1, -0.05) is 31.2 Å². The molecule has 0 bridgehead atoms. The van der Waals surface area contributed by atoms with E-state index < -0.39 is 0 Å². The van der Waals surface area contributed by atoms with E-state index in [1.54, 1.807) is 11.8 Å². The zero-order chi connectivity index (χ0) is 16.5. The summed E-state index contributed by atoms with van der Waals surface area (Å²) < 4.78 is 0. The summed E-state index contributed by atoms with van der Waals surface area (Å²) in [4.78, 5) is 12.8. The van der Waals surface area contributed by atoms with Gasteiger partial charge in [0.1, 0.15) is 0 Å². The predicted molar refractivity (Wildman–Crippen MR) is 106 cm³/mol. The lowest BCUT2D eigenvalue weighted by Crippen LogP contribution is -2.13. The van der Waals surface area contributed by atoms with Crippen molar-refractivity contribution < 1.29 is 4.79 Å². The van der Waals surface area contributed by atoms with Crippen molar-refractivity contribution in [2.75, 3.05) is 11.6 Å². The van der Waals surface area contributed by atoms with Crippen LogP contribution in [-0.2, 0) is 17.9 Å². The monoisotopic (exact) mass is 364 g/mol. The van der Waals surface area contributed by atoms with Crippen LogP contribution in [0.25, 0.3) is 0 Å². The maximum atomic E-state index is 11.5. The Kier molecular flexibility index (Phi) is 9.53. The fourth-order valence-electron chi connectivity index (χ4n) is 2.25. The van der Waals surface area contributed by atoms with Crippen molar-refractivity contribution in [2.45, 2.75) is 37.8 Å². The number of hydrogen-bond acceptors (Lipinski definition) is 3. The van der Waals surface area contributed by atoms with Gasteiger partial charge in [0.2, 0.25) is 5.91 Å². The highest BCUT2D eigenvalue weighted by Crippen LogP contribution is 2.15. The van der Waals surface area contributed by atoms with Crippen molar-refractivity contribution in [1.82, 2.24) is 5.32 Å². The fraction of sp³-hybridized carbons (Fsp3) is 0.316. The molecule has 0 fully saturated rings. The molecule has 0 saturated carbocycles. The Bertz CT molecular complexity index is 614. The van der Waals surface area contributed by atoms with Gasteiger partial charge in [0.15, 0.2) is 0 Å². The number of halogens is 1. The second-order valence-electron chi connectivity index (χ2n) is 5.45. The average molecular weight is 365 g/mol. The molecule has 0 aliphatic carbocycles. The molecule has 0 radical (unpaired) electrons. The SMILES string of the molecule is CCCC(=O)Nc1ccc(CNCc2ccc(SC)cc2)cc1.Cl. The van der Waals surface area contributed by atoms with Gasteiger partial charge < -0.3 is 10.6 Å². The quantitative estimate of drug-likeness (QED) is 0.657. The summed E-state index contributed by atoms with van der Waals surface area (Å²) >= 11 is 1.76. The molecule has 0 aliphatic rings. The van der Waals surface area contributed by atoms with Gasteiger partial charge in [-0.3, -0.25) is 4.79 Å². The lowest BCUT2D eigenvalue weighted by molar-refractivity contribution is -0.116. The maximum absolute atomic E-state index is 11.5. The van der Waals surface area contributed by atoms with E-state index in [4.69, 9.17) is 0 Å². The fourth-order valence-corrected chi connectivity index (χ4v) is 2.66. The molecule has 0 spiro atoms.